The first kappa shape index (κ1) is 64.6. The standard InChI is InChI=1S/C88H98N2Te2/c1-81(2,3)57-29-49(30-58(45-57)82(4,5)6)53-37-65-66-38-54(50-31-59(83(7,8)9)46-60(32-50)84(10,11)12)42-70-75-27-28-76(92-75)72-44-56(52-35-63(87(19,20)21)48-64(36-52)88(22,23)24)40-68-67-39-55(51-33-61(85(13,14)15)47-62(34-51)86(16,17)18)43-71(79(67)90-80(68)72)74-26-25-73(91-74)69(41-53)77(65)89-78(66)70/h25-48,89-90H,1-24H3. The molecule has 8 bridgehead atoms. The van der Waals surface area contributed by atoms with E-state index in [0.29, 0.717) is 0 Å². The summed E-state index contributed by atoms with van der Waals surface area (Å²) in [5, 5.41) is 10.5. The molecule has 2 nitrogen and oxygen atoms in total. The van der Waals surface area contributed by atoms with Crippen molar-refractivity contribution in [3.05, 3.63) is 190 Å². The molecule has 0 radical (unpaired) electrons. The van der Waals surface area contributed by atoms with Gasteiger partial charge in [-0.2, -0.15) is 0 Å². The van der Waals surface area contributed by atoms with Gasteiger partial charge < -0.3 is 0 Å². The number of hydrogen-bond acceptors (Lipinski definition) is 0. The van der Waals surface area contributed by atoms with Crippen LogP contribution in [0.15, 0.2) is 146 Å². The predicted octanol–water partition coefficient (Wildman–Crippen LogP) is 25.3. The van der Waals surface area contributed by atoms with Crippen molar-refractivity contribution in [3.63, 3.8) is 0 Å². The number of aromatic nitrogens is 2. The minimum absolute atomic E-state index is 0.0324. The van der Waals surface area contributed by atoms with Gasteiger partial charge in [0.1, 0.15) is 0 Å². The van der Waals surface area contributed by atoms with Gasteiger partial charge in [0.25, 0.3) is 0 Å². The van der Waals surface area contributed by atoms with E-state index in [2.05, 4.69) is 322 Å². The molecule has 472 valence electrons. The molecule has 0 saturated carbocycles. The number of aromatic amines is 2. The number of hydrogen-bond donors (Lipinski definition) is 2. The minimum atomic E-state index is -0.990. The van der Waals surface area contributed by atoms with Crippen LogP contribution in [0.4, 0.5) is 0 Å². The van der Waals surface area contributed by atoms with Crippen LogP contribution in [-0.4, -0.2) is 50.8 Å². The third-order valence-corrected chi connectivity index (χ3v) is 26.5. The molecule has 0 atom stereocenters. The van der Waals surface area contributed by atoms with Crippen LogP contribution in [0.3, 0.4) is 0 Å². The van der Waals surface area contributed by atoms with Crippen LogP contribution < -0.4 is 0 Å². The van der Waals surface area contributed by atoms with E-state index in [4.69, 9.17) is 0 Å². The molecule has 5 aromatic heterocycles. The number of nitrogens with one attached hydrogen (secondary N) is 2. The van der Waals surface area contributed by atoms with Gasteiger partial charge in [-0.3, -0.25) is 0 Å². The molecular formula is C88H98N2Te2. The summed E-state index contributed by atoms with van der Waals surface area (Å²) in [6, 6.07) is 60.5. The third-order valence-electron chi connectivity index (χ3n) is 19.9. The quantitative estimate of drug-likeness (QED) is 0.165. The van der Waals surface area contributed by atoms with Crippen molar-refractivity contribution in [3.8, 4) is 44.5 Å². The molecule has 13 aromatic rings. The Kier molecular flexibility index (Phi) is 15.2. The Hall–Kier alpha value is -6.10. The molecule has 92 heavy (non-hydrogen) atoms. The van der Waals surface area contributed by atoms with Gasteiger partial charge in [-0.05, 0) is 0 Å². The fourth-order valence-electron chi connectivity index (χ4n) is 13.5. The van der Waals surface area contributed by atoms with Gasteiger partial charge in [0.15, 0.2) is 0 Å². The SMILES string of the molecule is CC(C)(C)c1cc(-c2cc3c4ccc([te]4)c4cc(-c5cc(C(C)(C)C)cc(C(C)(C)C)c5)cc5c6cc(-c7cc(C(C)(C)C)cc(C(C)(C)C)c7)cc(c7ccc([te]7)c7cc(-c8cc(C(C)(C)C)cc(C(C)(C)C)c8)cc8c(c2)c3[nH]c78)c6[nH]c45)cc(C(C)(C)C)c1. The molecule has 13 rings (SSSR count). The van der Waals surface area contributed by atoms with Gasteiger partial charge in [-0.25, -0.2) is 0 Å². The predicted molar refractivity (Wildman–Crippen MR) is 409 cm³/mol. The van der Waals surface area contributed by atoms with Crippen molar-refractivity contribution < 1.29 is 0 Å². The van der Waals surface area contributed by atoms with Crippen LogP contribution in [0.1, 0.15) is 211 Å². The normalized spacial score (nSPS) is 13.7. The summed E-state index contributed by atoms with van der Waals surface area (Å²) in [6.45, 7) is 56.8. The molecule has 2 N–H and O–H groups in total. The summed E-state index contributed by atoms with van der Waals surface area (Å²) >= 11 is -1.98. The third kappa shape index (κ3) is 11.9. The van der Waals surface area contributed by atoms with Crippen molar-refractivity contribution in [1.29, 1.82) is 0 Å². The average Bonchev–Trinajstić information content (AvgIpc) is 1.54. The first-order valence-corrected chi connectivity index (χ1v) is 38.3. The van der Waals surface area contributed by atoms with Crippen LogP contribution in [0, 0.1) is 0 Å². The van der Waals surface area contributed by atoms with Crippen LogP contribution in [0.5, 0.6) is 0 Å². The molecule has 4 heteroatoms. The van der Waals surface area contributed by atoms with Gasteiger partial charge in [-0.1, -0.05) is 0 Å². The first-order valence-electron chi connectivity index (χ1n) is 33.7. The molecule has 0 saturated heterocycles. The zero-order valence-electron chi connectivity index (χ0n) is 59.7. The Labute approximate surface area is 568 Å². The van der Waals surface area contributed by atoms with Gasteiger partial charge in [0.2, 0.25) is 0 Å². The van der Waals surface area contributed by atoms with E-state index in [-0.39, 0.29) is 43.3 Å². The van der Waals surface area contributed by atoms with Crippen molar-refractivity contribution in [2.75, 3.05) is 0 Å². The second kappa shape index (κ2) is 21.7. The Morgan fingerprint density at radius 3 is 0.478 bits per heavy atom. The molecule has 0 aliphatic carbocycles. The second-order valence-corrected chi connectivity index (χ2v) is 41.7. The molecule has 8 aromatic carbocycles. The van der Waals surface area contributed by atoms with E-state index in [0.717, 1.165) is 0 Å². The maximum absolute atomic E-state index is 4.34. The Balaban J connectivity index is 1.25. The Bertz CT molecular complexity index is 4430. The molecule has 0 aliphatic heterocycles. The summed E-state index contributed by atoms with van der Waals surface area (Å²) in [7, 11) is 0. The van der Waals surface area contributed by atoms with Crippen molar-refractivity contribution >= 4 is 120 Å². The summed E-state index contributed by atoms with van der Waals surface area (Å²) in [5.74, 6) is 0. The van der Waals surface area contributed by atoms with E-state index in [1.54, 1.807) is 0 Å². The second-order valence-electron chi connectivity index (χ2n) is 35.6. The Morgan fingerprint density at radius 1 is 0.185 bits per heavy atom. The number of benzene rings is 8. The molecule has 0 fully saturated rings. The van der Waals surface area contributed by atoms with E-state index in [9.17, 15) is 0 Å². The molecule has 0 unspecified atom stereocenters. The summed E-state index contributed by atoms with van der Waals surface area (Å²) in [5.41, 5.74) is 25.9. The zero-order chi connectivity index (χ0) is 66.3. The van der Waals surface area contributed by atoms with Crippen LogP contribution in [0.2, 0.25) is 0 Å². The van der Waals surface area contributed by atoms with Crippen LogP contribution in [-0.2, 0) is 43.3 Å². The fraction of sp³-hybridized carbons (Fsp3) is 0.364. The average molecular weight is 1440 g/mol. The van der Waals surface area contributed by atoms with Gasteiger partial charge in [0.05, 0.1) is 0 Å². The number of H-pyrrole nitrogens is 2. The number of rotatable bonds is 4. The zero-order valence-corrected chi connectivity index (χ0v) is 64.3. The van der Waals surface area contributed by atoms with E-state index in [1.807, 2.05) is 0 Å². The molecular weight excluding hydrogens is 1340 g/mol. The van der Waals surface area contributed by atoms with E-state index in [1.165, 1.54) is 168 Å². The molecule has 0 amide bonds. The first-order chi connectivity index (χ1) is 42.5. The molecule has 0 aliphatic rings. The maximum atomic E-state index is 4.34. The van der Waals surface area contributed by atoms with Crippen LogP contribution in [0.25, 0.3) is 123 Å². The molecule has 0 spiro atoms. The van der Waals surface area contributed by atoms with E-state index < -0.39 is 40.9 Å². The fourth-order valence-corrected chi connectivity index (χ4v) is 19.5. The van der Waals surface area contributed by atoms with Crippen molar-refractivity contribution in [1.82, 2.24) is 9.97 Å². The van der Waals surface area contributed by atoms with Crippen LogP contribution >= 0.6 is 0 Å². The summed E-state index contributed by atoms with van der Waals surface area (Å²) < 4.78 is 5.84. The Morgan fingerprint density at radius 2 is 0.326 bits per heavy atom. The molecule has 5 heterocycles. The van der Waals surface area contributed by atoms with Gasteiger partial charge in [0, 0.05) is 0 Å². The van der Waals surface area contributed by atoms with Crippen molar-refractivity contribution in [2.45, 2.75) is 209 Å². The monoisotopic (exact) mass is 1440 g/mol. The summed E-state index contributed by atoms with van der Waals surface area (Å²) in [6.07, 6.45) is 0. The van der Waals surface area contributed by atoms with Gasteiger partial charge >= 0.3 is 574 Å². The summed E-state index contributed by atoms with van der Waals surface area (Å²) in [4.78, 5) is 8.68. The topological polar surface area (TPSA) is 31.6 Å². The van der Waals surface area contributed by atoms with Crippen molar-refractivity contribution in [2.24, 2.45) is 0 Å². The van der Waals surface area contributed by atoms with Gasteiger partial charge in [-0.15, -0.1) is 0 Å². The number of fused-ring (bicyclic) bond motifs is 10. The van der Waals surface area contributed by atoms with E-state index >= 15 is 0 Å².